The first-order chi connectivity index (χ1) is 27.3. The van der Waals surface area contributed by atoms with Gasteiger partial charge in [0, 0.05) is 16.9 Å². The van der Waals surface area contributed by atoms with Gasteiger partial charge in [0.25, 0.3) is 0 Å². The zero-order valence-electron chi connectivity index (χ0n) is 30.3. The van der Waals surface area contributed by atoms with Crippen molar-refractivity contribution in [3.8, 4) is 44.5 Å². The summed E-state index contributed by atoms with van der Waals surface area (Å²) < 4.78 is 0. The number of anilines is 3. The number of para-hydroxylation sites is 1. The van der Waals surface area contributed by atoms with Crippen molar-refractivity contribution >= 4 is 49.4 Å². The van der Waals surface area contributed by atoms with Gasteiger partial charge in [-0.05, 0) is 108 Å². The quantitative estimate of drug-likeness (QED) is 0.150. The molecule has 0 aliphatic rings. The van der Waals surface area contributed by atoms with Crippen LogP contribution in [-0.2, 0) is 0 Å². The molecule has 0 saturated heterocycles. The highest BCUT2D eigenvalue weighted by Crippen LogP contribution is 2.44. The molecule has 0 N–H and O–H groups in total. The SMILES string of the molecule is c1ccc(-c2cccc(N(c3ccc(-c4ccccc4-c4ccccc4)cc3)c3ccccc3-c3ccc4c(ccc5c6ccccc6ccc45)c3)c2)cc1. The van der Waals surface area contributed by atoms with Gasteiger partial charge in [0.1, 0.15) is 0 Å². The highest BCUT2D eigenvalue weighted by Gasteiger charge is 2.19. The summed E-state index contributed by atoms with van der Waals surface area (Å²) in [5.74, 6) is 0. The summed E-state index contributed by atoms with van der Waals surface area (Å²) in [6, 6.07) is 81.4. The number of rotatable bonds is 7. The summed E-state index contributed by atoms with van der Waals surface area (Å²) >= 11 is 0. The Morgan fingerprint density at radius 3 is 1.51 bits per heavy atom. The summed E-state index contributed by atoms with van der Waals surface area (Å²) in [6.45, 7) is 0. The second kappa shape index (κ2) is 14.0. The monoisotopic (exact) mass is 699 g/mol. The first-order valence-corrected chi connectivity index (χ1v) is 18.9. The molecule has 0 aliphatic heterocycles. The normalized spacial score (nSPS) is 11.3. The zero-order chi connectivity index (χ0) is 36.6. The molecule has 0 aromatic heterocycles. The molecule has 0 aliphatic carbocycles. The van der Waals surface area contributed by atoms with E-state index in [1.807, 2.05) is 0 Å². The molecule has 10 aromatic rings. The van der Waals surface area contributed by atoms with E-state index < -0.39 is 0 Å². The predicted molar refractivity (Wildman–Crippen MR) is 235 cm³/mol. The van der Waals surface area contributed by atoms with Gasteiger partial charge in [-0.3, -0.25) is 0 Å². The molecule has 0 atom stereocenters. The largest absolute Gasteiger partial charge is 0.310 e. The van der Waals surface area contributed by atoms with Crippen LogP contribution in [0.15, 0.2) is 224 Å². The van der Waals surface area contributed by atoms with E-state index in [1.165, 1.54) is 76.8 Å². The van der Waals surface area contributed by atoms with Crippen molar-refractivity contribution in [1.29, 1.82) is 0 Å². The highest BCUT2D eigenvalue weighted by atomic mass is 15.1. The average molecular weight is 700 g/mol. The molecular formula is C54H37N. The number of fused-ring (bicyclic) bond motifs is 5. The van der Waals surface area contributed by atoms with Crippen LogP contribution < -0.4 is 4.90 Å². The molecule has 0 fully saturated rings. The van der Waals surface area contributed by atoms with Crippen LogP contribution in [0.4, 0.5) is 17.1 Å². The standard InChI is InChI=1S/C54H37N/c1-3-14-38(15-4-1)42-19-13-20-46(37-42)55(45-31-26-41(27-32-45)48-22-10-9-21-47(48)39-16-5-2-6-17-39)54-25-12-11-24-51(54)44-29-33-50-43(36-44)30-35-52-49-23-8-7-18-40(49)28-34-53(50)52/h1-37H. The smallest absolute Gasteiger partial charge is 0.0540 e. The van der Waals surface area contributed by atoms with E-state index in [4.69, 9.17) is 0 Å². The molecule has 0 saturated carbocycles. The van der Waals surface area contributed by atoms with Gasteiger partial charge in [-0.25, -0.2) is 0 Å². The number of nitrogens with zero attached hydrogens (tertiary/aromatic N) is 1. The lowest BCUT2D eigenvalue weighted by Gasteiger charge is -2.28. The Balaban J connectivity index is 1.11. The lowest BCUT2D eigenvalue weighted by atomic mass is 9.93. The molecule has 0 amide bonds. The lowest BCUT2D eigenvalue weighted by molar-refractivity contribution is 1.28. The second-order valence-corrected chi connectivity index (χ2v) is 14.1. The Hall–Kier alpha value is -7.22. The minimum atomic E-state index is 1.09. The van der Waals surface area contributed by atoms with Gasteiger partial charge < -0.3 is 4.90 Å². The van der Waals surface area contributed by atoms with Crippen molar-refractivity contribution in [3.05, 3.63) is 224 Å². The van der Waals surface area contributed by atoms with E-state index in [9.17, 15) is 0 Å². The average Bonchev–Trinajstić information content (AvgIpc) is 3.27. The fourth-order valence-electron chi connectivity index (χ4n) is 8.19. The van der Waals surface area contributed by atoms with Gasteiger partial charge in [-0.1, -0.05) is 188 Å². The first-order valence-electron chi connectivity index (χ1n) is 18.9. The molecule has 1 nitrogen and oxygen atoms in total. The van der Waals surface area contributed by atoms with E-state index in [0.29, 0.717) is 0 Å². The second-order valence-electron chi connectivity index (χ2n) is 14.1. The maximum atomic E-state index is 2.41. The molecule has 0 heterocycles. The molecule has 258 valence electrons. The Morgan fingerprint density at radius 2 is 0.764 bits per heavy atom. The lowest BCUT2D eigenvalue weighted by Crippen LogP contribution is -2.11. The third-order valence-corrected chi connectivity index (χ3v) is 10.9. The van der Waals surface area contributed by atoms with Gasteiger partial charge >= 0.3 is 0 Å². The molecular weight excluding hydrogens is 663 g/mol. The van der Waals surface area contributed by atoms with Crippen molar-refractivity contribution in [2.24, 2.45) is 0 Å². The van der Waals surface area contributed by atoms with Crippen LogP contribution >= 0.6 is 0 Å². The third kappa shape index (κ3) is 6.02. The Morgan fingerprint density at radius 1 is 0.236 bits per heavy atom. The fourth-order valence-corrected chi connectivity index (χ4v) is 8.19. The van der Waals surface area contributed by atoms with Gasteiger partial charge in [0.05, 0.1) is 5.69 Å². The molecule has 0 spiro atoms. The maximum absolute atomic E-state index is 2.41. The summed E-state index contributed by atoms with van der Waals surface area (Å²) in [7, 11) is 0. The minimum Gasteiger partial charge on any atom is -0.310 e. The van der Waals surface area contributed by atoms with Gasteiger partial charge in [-0.2, -0.15) is 0 Å². The Bertz CT molecular complexity index is 2960. The first kappa shape index (κ1) is 32.4. The molecule has 1 heteroatoms. The van der Waals surface area contributed by atoms with Crippen LogP contribution in [0.5, 0.6) is 0 Å². The van der Waals surface area contributed by atoms with E-state index >= 15 is 0 Å². The topological polar surface area (TPSA) is 3.24 Å². The molecule has 0 unspecified atom stereocenters. The summed E-state index contributed by atoms with van der Waals surface area (Å²) in [4.78, 5) is 2.41. The van der Waals surface area contributed by atoms with Gasteiger partial charge in [-0.15, -0.1) is 0 Å². The third-order valence-electron chi connectivity index (χ3n) is 10.9. The van der Waals surface area contributed by atoms with Crippen molar-refractivity contribution in [3.63, 3.8) is 0 Å². The number of benzene rings is 10. The van der Waals surface area contributed by atoms with Crippen LogP contribution in [0.1, 0.15) is 0 Å². The van der Waals surface area contributed by atoms with E-state index in [1.54, 1.807) is 0 Å². The molecule has 10 aromatic carbocycles. The van der Waals surface area contributed by atoms with Gasteiger partial charge in [0.2, 0.25) is 0 Å². The van der Waals surface area contributed by atoms with Crippen LogP contribution in [0.3, 0.4) is 0 Å². The molecule has 10 rings (SSSR count). The van der Waals surface area contributed by atoms with Crippen LogP contribution in [0.2, 0.25) is 0 Å². The van der Waals surface area contributed by atoms with Crippen LogP contribution in [0.25, 0.3) is 76.8 Å². The highest BCUT2D eigenvalue weighted by molar-refractivity contribution is 6.17. The van der Waals surface area contributed by atoms with Gasteiger partial charge in [0.15, 0.2) is 0 Å². The van der Waals surface area contributed by atoms with Crippen molar-refractivity contribution in [2.75, 3.05) is 4.90 Å². The van der Waals surface area contributed by atoms with Crippen molar-refractivity contribution in [1.82, 2.24) is 0 Å². The molecule has 0 radical (unpaired) electrons. The Labute approximate surface area is 322 Å². The van der Waals surface area contributed by atoms with Crippen molar-refractivity contribution < 1.29 is 0 Å². The Kier molecular flexibility index (Phi) is 8.24. The number of hydrogen-bond acceptors (Lipinski definition) is 1. The summed E-state index contributed by atoms with van der Waals surface area (Å²) in [6.07, 6.45) is 0. The van der Waals surface area contributed by atoms with E-state index in [0.717, 1.165) is 17.1 Å². The number of hydrogen-bond donors (Lipinski definition) is 0. The fraction of sp³-hybridized carbons (Fsp3) is 0. The van der Waals surface area contributed by atoms with E-state index in [2.05, 4.69) is 229 Å². The maximum Gasteiger partial charge on any atom is 0.0540 e. The van der Waals surface area contributed by atoms with Crippen molar-refractivity contribution in [2.45, 2.75) is 0 Å². The minimum absolute atomic E-state index is 1.09. The predicted octanol–water partition coefficient (Wildman–Crippen LogP) is 15.3. The van der Waals surface area contributed by atoms with Crippen LogP contribution in [-0.4, -0.2) is 0 Å². The molecule has 55 heavy (non-hydrogen) atoms. The zero-order valence-corrected chi connectivity index (χ0v) is 30.3. The summed E-state index contributed by atoms with van der Waals surface area (Å²) in [5, 5.41) is 7.63. The summed E-state index contributed by atoms with van der Waals surface area (Å²) in [5.41, 5.74) is 12.9. The van der Waals surface area contributed by atoms with E-state index in [-0.39, 0.29) is 0 Å². The van der Waals surface area contributed by atoms with Crippen LogP contribution in [0, 0.1) is 0 Å². The molecule has 0 bridgehead atoms.